The molecular formula is C13H16FN3S. The molecule has 0 spiro atoms. The average Bonchev–Trinajstić information content (AvgIpc) is 2.66. The van der Waals surface area contributed by atoms with Crippen LogP contribution in [0.15, 0.2) is 24.3 Å². The van der Waals surface area contributed by atoms with Crippen molar-refractivity contribution in [2.45, 2.75) is 26.3 Å². The number of nitrogens with two attached hydrogens (primary N) is 1. The molecule has 1 heterocycles. The molecule has 1 atom stereocenters. The third-order valence-corrected chi connectivity index (χ3v) is 4.03. The zero-order valence-electron chi connectivity index (χ0n) is 10.4. The summed E-state index contributed by atoms with van der Waals surface area (Å²) in [5, 5.41) is 0.969. The van der Waals surface area contributed by atoms with Gasteiger partial charge < -0.3 is 0 Å². The minimum absolute atomic E-state index is 0.245. The highest BCUT2D eigenvalue weighted by atomic mass is 32.1. The molecular weight excluding hydrogens is 249 g/mol. The molecule has 1 aromatic heterocycles. The van der Waals surface area contributed by atoms with E-state index in [0.29, 0.717) is 12.0 Å². The van der Waals surface area contributed by atoms with Crippen LogP contribution >= 0.6 is 11.3 Å². The lowest BCUT2D eigenvalue weighted by atomic mass is 10.0. The van der Waals surface area contributed by atoms with E-state index in [0.717, 1.165) is 10.7 Å². The highest BCUT2D eigenvalue weighted by Gasteiger charge is 2.16. The van der Waals surface area contributed by atoms with Gasteiger partial charge in [-0.05, 0) is 19.9 Å². The molecule has 0 aliphatic rings. The Morgan fingerprint density at radius 3 is 2.67 bits per heavy atom. The van der Waals surface area contributed by atoms with Crippen LogP contribution in [0.5, 0.6) is 0 Å². The van der Waals surface area contributed by atoms with Crippen LogP contribution in [0.25, 0.3) is 0 Å². The summed E-state index contributed by atoms with van der Waals surface area (Å²) in [5.41, 5.74) is 4.26. The second kappa shape index (κ2) is 5.56. The maximum absolute atomic E-state index is 13.7. The van der Waals surface area contributed by atoms with Gasteiger partial charge in [-0.3, -0.25) is 11.3 Å². The Bertz CT molecular complexity index is 519. The Morgan fingerprint density at radius 1 is 1.39 bits per heavy atom. The van der Waals surface area contributed by atoms with Gasteiger partial charge in [-0.15, -0.1) is 11.3 Å². The second-order valence-corrected chi connectivity index (χ2v) is 5.48. The number of aryl methyl sites for hydroxylation is 2. The number of thiazole rings is 1. The van der Waals surface area contributed by atoms with E-state index in [1.807, 2.05) is 13.8 Å². The smallest absolute Gasteiger partial charge is 0.128 e. The molecule has 0 radical (unpaired) electrons. The summed E-state index contributed by atoms with van der Waals surface area (Å²) in [6, 6.07) is 6.41. The predicted octanol–water partition coefficient (Wildman–Crippen LogP) is 2.65. The highest BCUT2D eigenvalue weighted by molar-refractivity contribution is 7.11. The molecule has 0 amide bonds. The Labute approximate surface area is 110 Å². The van der Waals surface area contributed by atoms with Crippen molar-refractivity contribution in [2.24, 2.45) is 5.84 Å². The molecule has 1 unspecified atom stereocenters. The minimum atomic E-state index is -0.254. The van der Waals surface area contributed by atoms with Gasteiger partial charge in [0.2, 0.25) is 0 Å². The molecule has 0 saturated carbocycles. The van der Waals surface area contributed by atoms with E-state index in [1.54, 1.807) is 29.5 Å². The van der Waals surface area contributed by atoms with Gasteiger partial charge in [0, 0.05) is 16.9 Å². The Morgan fingerprint density at radius 2 is 2.11 bits per heavy atom. The van der Waals surface area contributed by atoms with E-state index in [1.165, 1.54) is 10.9 Å². The summed E-state index contributed by atoms with van der Waals surface area (Å²) < 4.78 is 13.7. The van der Waals surface area contributed by atoms with Crippen LogP contribution in [0.4, 0.5) is 4.39 Å². The van der Waals surface area contributed by atoms with Gasteiger partial charge in [0.25, 0.3) is 0 Å². The number of benzene rings is 1. The molecule has 3 N–H and O–H groups in total. The molecule has 2 rings (SSSR count). The zero-order valence-corrected chi connectivity index (χ0v) is 11.2. The first-order chi connectivity index (χ1) is 8.61. The van der Waals surface area contributed by atoms with Crippen LogP contribution in [0.3, 0.4) is 0 Å². The van der Waals surface area contributed by atoms with Crippen LogP contribution in [-0.4, -0.2) is 4.98 Å². The quantitative estimate of drug-likeness (QED) is 0.660. The van der Waals surface area contributed by atoms with Crippen LogP contribution in [-0.2, 0) is 6.42 Å². The van der Waals surface area contributed by atoms with Gasteiger partial charge in [0.1, 0.15) is 5.82 Å². The van der Waals surface area contributed by atoms with Gasteiger partial charge in [-0.2, -0.15) is 0 Å². The van der Waals surface area contributed by atoms with Gasteiger partial charge >= 0.3 is 0 Å². The van der Waals surface area contributed by atoms with Gasteiger partial charge in [0.05, 0.1) is 16.7 Å². The topological polar surface area (TPSA) is 50.9 Å². The minimum Gasteiger partial charge on any atom is -0.271 e. The molecule has 2 aromatic rings. The van der Waals surface area contributed by atoms with E-state index in [2.05, 4.69) is 10.4 Å². The number of aromatic nitrogens is 1. The van der Waals surface area contributed by atoms with Gasteiger partial charge in [-0.25, -0.2) is 9.37 Å². The number of hydrogen-bond donors (Lipinski definition) is 2. The number of nitrogens with one attached hydrogen (secondary N) is 1. The van der Waals surface area contributed by atoms with E-state index in [4.69, 9.17) is 5.84 Å². The fourth-order valence-electron chi connectivity index (χ4n) is 1.82. The van der Waals surface area contributed by atoms with Crippen molar-refractivity contribution < 1.29 is 4.39 Å². The van der Waals surface area contributed by atoms with Gasteiger partial charge in [0.15, 0.2) is 0 Å². The van der Waals surface area contributed by atoms with Crippen LogP contribution < -0.4 is 11.3 Å². The predicted molar refractivity (Wildman–Crippen MR) is 71.8 cm³/mol. The summed E-state index contributed by atoms with van der Waals surface area (Å²) in [4.78, 5) is 5.64. The van der Waals surface area contributed by atoms with Crippen molar-refractivity contribution in [2.75, 3.05) is 0 Å². The van der Waals surface area contributed by atoms with Crippen LogP contribution in [0, 0.1) is 19.7 Å². The van der Waals surface area contributed by atoms with Crippen molar-refractivity contribution in [3.05, 3.63) is 51.2 Å². The van der Waals surface area contributed by atoms with E-state index in [9.17, 15) is 4.39 Å². The van der Waals surface area contributed by atoms with E-state index >= 15 is 0 Å². The molecule has 0 aliphatic carbocycles. The fourth-order valence-corrected chi connectivity index (χ4v) is 2.80. The standard InChI is InChI=1S/C13H16FN3S/c1-8-9(2)18-13(16-8)7-12(17-15)10-5-3-4-6-11(10)14/h3-6,12,17H,7,15H2,1-2H3. The first kappa shape index (κ1) is 13.1. The first-order valence-electron chi connectivity index (χ1n) is 5.75. The van der Waals surface area contributed by atoms with Crippen molar-refractivity contribution >= 4 is 11.3 Å². The lowest BCUT2D eigenvalue weighted by molar-refractivity contribution is 0.509. The maximum Gasteiger partial charge on any atom is 0.128 e. The second-order valence-electron chi connectivity index (χ2n) is 4.19. The summed E-state index contributed by atoms with van der Waals surface area (Å²) >= 11 is 1.63. The highest BCUT2D eigenvalue weighted by Crippen LogP contribution is 2.24. The summed E-state index contributed by atoms with van der Waals surface area (Å²) in [6.45, 7) is 4.01. The molecule has 5 heteroatoms. The molecule has 1 aromatic carbocycles. The van der Waals surface area contributed by atoms with E-state index < -0.39 is 0 Å². The Hall–Kier alpha value is -1.30. The number of hydrazine groups is 1. The van der Waals surface area contributed by atoms with Crippen LogP contribution in [0.2, 0.25) is 0 Å². The summed E-state index contributed by atoms with van der Waals surface area (Å²) in [5.74, 6) is 5.28. The molecule has 96 valence electrons. The fraction of sp³-hybridized carbons (Fsp3) is 0.308. The largest absolute Gasteiger partial charge is 0.271 e. The maximum atomic E-state index is 13.7. The number of rotatable bonds is 4. The number of nitrogens with zero attached hydrogens (tertiary/aromatic N) is 1. The van der Waals surface area contributed by atoms with Crippen molar-refractivity contribution in [1.29, 1.82) is 0 Å². The third-order valence-electron chi connectivity index (χ3n) is 2.93. The molecule has 0 saturated heterocycles. The lowest BCUT2D eigenvalue weighted by Crippen LogP contribution is -2.30. The number of halogens is 1. The molecule has 3 nitrogen and oxygen atoms in total. The third kappa shape index (κ3) is 2.75. The Balaban J connectivity index is 2.22. The van der Waals surface area contributed by atoms with Crippen LogP contribution in [0.1, 0.15) is 27.2 Å². The van der Waals surface area contributed by atoms with E-state index in [-0.39, 0.29) is 11.9 Å². The molecule has 0 bridgehead atoms. The zero-order chi connectivity index (χ0) is 13.1. The Kier molecular flexibility index (Phi) is 4.06. The van der Waals surface area contributed by atoms with Crippen molar-refractivity contribution in [1.82, 2.24) is 10.4 Å². The first-order valence-corrected chi connectivity index (χ1v) is 6.57. The number of hydrogen-bond acceptors (Lipinski definition) is 4. The summed E-state index contributed by atoms with van der Waals surface area (Å²) in [7, 11) is 0. The van der Waals surface area contributed by atoms with Crippen molar-refractivity contribution in [3.8, 4) is 0 Å². The van der Waals surface area contributed by atoms with Crippen molar-refractivity contribution in [3.63, 3.8) is 0 Å². The molecule has 18 heavy (non-hydrogen) atoms. The summed E-state index contributed by atoms with van der Waals surface area (Å²) in [6.07, 6.45) is 0.594. The normalized spacial score (nSPS) is 12.7. The molecule has 0 fully saturated rings. The lowest BCUT2D eigenvalue weighted by Gasteiger charge is -2.15. The SMILES string of the molecule is Cc1nc(CC(NN)c2ccccc2F)sc1C. The average molecular weight is 265 g/mol. The van der Waals surface area contributed by atoms with Gasteiger partial charge in [-0.1, -0.05) is 18.2 Å². The molecule has 0 aliphatic heterocycles. The monoisotopic (exact) mass is 265 g/mol.